The molecule has 18 heteroatoms. The second-order valence-electron chi connectivity index (χ2n) is 16.4. The summed E-state index contributed by atoms with van der Waals surface area (Å²) in [6.07, 6.45) is 19.4. The molecule has 66 heavy (non-hydrogen) atoms. The molecule has 0 aliphatic carbocycles. The molecule has 0 heterocycles. The number of carboxylic acids is 3. The molecular formula is C48H87N3O15. The van der Waals surface area contributed by atoms with Crippen molar-refractivity contribution >= 4 is 47.2 Å². The van der Waals surface area contributed by atoms with Gasteiger partial charge in [0.15, 0.2) is 5.78 Å². The van der Waals surface area contributed by atoms with Gasteiger partial charge in [0.2, 0.25) is 17.7 Å². The van der Waals surface area contributed by atoms with Crippen LogP contribution in [-0.4, -0.2) is 135 Å². The Morgan fingerprint density at radius 2 is 0.985 bits per heavy atom. The summed E-state index contributed by atoms with van der Waals surface area (Å²) in [5.41, 5.74) is 0. The van der Waals surface area contributed by atoms with Gasteiger partial charge in [-0.25, -0.2) is 4.79 Å². The number of ether oxygens (including phenoxy) is 4. The van der Waals surface area contributed by atoms with Crippen LogP contribution in [0.5, 0.6) is 0 Å². The Morgan fingerprint density at radius 1 is 0.470 bits per heavy atom. The third-order valence-electron chi connectivity index (χ3n) is 10.4. The van der Waals surface area contributed by atoms with Gasteiger partial charge in [-0.2, -0.15) is 0 Å². The molecule has 384 valence electrons. The van der Waals surface area contributed by atoms with Gasteiger partial charge in [0.25, 0.3) is 0 Å². The number of ketones is 2. The number of hydrogen-bond acceptors (Lipinski definition) is 12. The average molecular weight is 946 g/mol. The van der Waals surface area contributed by atoms with Crippen LogP contribution in [0.1, 0.15) is 181 Å². The minimum absolute atomic E-state index is 0.00261. The minimum atomic E-state index is -1.05. The number of carbonyl (C=O) groups excluding carboxylic acids is 5. The van der Waals surface area contributed by atoms with E-state index >= 15 is 0 Å². The standard InChI is InChI=1S/C37H67NO11.C11H20N2O4/c1-2-46-26-27-47-24-17-19-34(40)31-49-29-28-48-25-23-38-35(41)22-21-32(37(44)45)30-33(39)18-15-13-11-9-7-5-3-4-6-8-10-12-14-16-20-36(42)43;1-3-10(15)12-7-5-4-6-9(11(16)17)13-8(2)14/h32H,2-31H2,1H3,(H,38,41)(H,42,43)(H,44,45);9H,3-7H2,1-2H3,(H,12,15)(H,13,14)(H,16,17). The molecule has 0 aromatic rings. The molecule has 0 bridgehead atoms. The van der Waals surface area contributed by atoms with E-state index < -0.39 is 29.9 Å². The van der Waals surface area contributed by atoms with Crippen molar-refractivity contribution in [2.75, 3.05) is 65.9 Å². The molecule has 0 spiro atoms. The zero-order valence-corrected chi connectivity index (χ0v) is 40.6. The molecule has 6 N–H and O–H groups in total. The highest BCUT2D eigenvalue weighted by atomic mass is 16.5. The third-order valence-corrected chi connectivity index (χ3v) is 10.4. The van der Waals surface area contributed by atoms with Crippen LogP contribution in [0.2, 0.25) is 0 Å². The lowest BCUT2D eigenvalue weighted by molar-refractivity contribution is -0.144. The number of nitrogens with one attached hydrogen (secondary N) is 3. The van der Waals surface area contributed by atoms with Crippen molar-refractivity contribution in [3.05, 3.63) is 0 Å². The zero-order chi connectivity index (χ0) is 49.5. The van der Waals surface area contributed by atoms with E-state index in [-0.39, 0.29) is 87.9 Å². The van der Waals surface area contributed by atoms with Crippen LogP contribution in [0.15, 0.2) is 0 Å². The Kier molecular flexibility index (Phi) is 46.1. The van der Waals surface area contributed by atoms with Crippen molar-refractivity contribution < 1.29 is 72.6 Å². The van der Waals surface area contributed by atoms with Crippen molar-refractivity contribution in [3.63, 3.8) is 0 Å². The molecule has 0 aromatic heterocycles. The predicted molar refractivity (Wildman–Crippen MR) is 250 cm³/mol. The fraction of sp³-hybridized carbons (Fsp3) is 0.833. The Balaban J connectivity index is 0. The molecule has 18 nitrogen and oxygen atoms in total. The molecular weight excluding hydrogens is 859 g/mol. The highest BCUT2D eigenvalue weighted by Gasteiger charge is 2.22. The van der Waals surface area contributed by atoms with Crippen LogP contribution in [0, 0.1) is 5.92 Å². The second-order valence-corrected chi connectivity index (χ2v) is 16.4. The number of amides is 3. The van der Waals surface area contributed by atoms with Crippen molar-refractivity contribution in [3.8, 4) is 0 Å². The lowest BCUT2D eigenvalue weighted by Crippen LogP contribution is -2.39. The van der Waals surface area contributed by atoms with E-state index in [1.54, 1.807) is 6.92 Å². The number of carboxylic acid groups (broad SMARTS) is 3. The lowest BCUT2D eigenvalue weighted by atomic mass is 9.94. The number of aliphatic carboxylic acids is 3. The largest absolute Gasteiger partial charge is 0.481 e. The normalized spacial score (nSPS) is 11.7. The molecule has 2 atom stereocenters. The quantitative estimate of drug-likeness (QED) is 0.0352. The van der Waals surface area contributed by atoms with Crippen LogP contribution in [0.4, 0.5) is 0 Å². The monoisotopic (exact) mass is 946 g/mol. The average Bonchev–Trinajstić information content (AvgIpc) is 3.27. The summed E-state index contributed by atoms with van der Waals surface area (Å²) in [5, 5.41) is 34.8. The van der Waals surface area contributed by atoms with Crippen LogP contribution in [0.25, 0.3) is 0 Å². The highest BCUT2D eigenvalue weighted by molar-refractivity contribution is 5.84. The molecule has 0 radical (unpaired) electrons. The summed E-state index contributed by atoms with van der Waals surface area (Å²) in [6, 6.07) is -0.839. The molecule has 3 amide bonds. The first-order valence-electron chi connectivity index (χ1n) is 24.6. The van der Waals surface area contributed by atoms with Crippen LogP contribution in [-0.2, 0) is 57.3 Å². The SMILES string of the molecule is CCC(=O)NCCCCC(NC(C)=O)C(=O)O.CCOCCOCCCC(=O)COCCOCCNC(=O)CCC(CC(=O)CCCCCCCCCCCCCCCCC(=O)O)C(=O)O. The van der Waals surface area contributed by atoms with Crippen molar-refractivity contribution in [1.82, 2.24) is 16.0 Å². The number of unbranched alkanes of at least 4 members (excludes halogenated alkanes) is 14. The molecule has 0 fully saturated rings. The summed E-state index contributed by atoms with van der Waals surface area (Å²) in [5.74, 6) is -4.35. The first kappa shape index (κ1) is 64.1. The minimum Gasteiger partial charge on any atom is -0.481 e. The molecule has 0 saturated heterocycles. The maximum atomic E-state index is 12.4. The smallest absolute Gasteiger partial charge is 0.326 e. The van der Waals surface area contributed by atoms with Gasteiger partial charge in [0.05, 0.1) is 39.0 Å². The topological polar surface area (TPSA) is 270 Å². The highest BCUT2D eigenvalue weighted by Crippen LogP contribution is 2.17. The van der Waals surface area contributed by atoms with Crippen LogP contribution in [0.3, 0.4) is 0 Å². The Labute approximate surface area is 394 Å². The fourth-order valence-corrected chi connectivity index (χ4v) is 6.61. The Morgan fingerprint density at radius 3 is 1.52 bits per heavy atom. The predicted octanol–water partition coefficient (Wildman–Crippen LogP) is 6.58. The van der Waals surface area contributed by atoms with Gasteiger partial charge in [0, 0.05) is 71.8 Å². The summed E-state index contributed by atoms with van der Waals surface area (Å²) in [4.78, 5) is 90.9. The molecule has 0 aliphatic rings. The van der Waals surface area contributed by atoms with Gasteiger partial charge >= 0.3 is 17.9 Å². The summed E-state index contributed by atoms with van der Waals surface area (Å²) < 4.78 is 21.3. The van der Waals surface area contributed by atoms with Crippen molar-refractivity contribution in [1.29, 1.82) is 0 Å². The van der Waals surface area contributed by atoms with E-state index in [0.29, 0.717) is 77.9 Å². The van der Waals surface area contributed by atoms with E-state index in [1.807, 2.05) is 6.92 Å². The number of Topliss-reactive ketones (excluding diaryl/α,β-unsaturated/α-hetero) is 2. The maximum Gasteiger partial charge on any atom is 0.326 e. The first-order chi connectivity index (χ1) is 31.7. The first-order valence-corrected chi connectivity index (χ1v) is 24.6. The second kappa shape index (κ2) is 47.5. The molecule has 0 aromatic carbocycles. The Bertz CT molecular complexity index is 1300. The van der Waals surface area contributed by atoms with Gasteiger partial charge in [-0.15, -0.1) is 0 Å². The van der Waals surface area contributed by atoms with E-state index in [0.717, 1.165) is 44.9 Å². The summed E-state index contributed by atoms with van der Waals surface area (Å²) in [6.45, 7) is 8.88. The lowest BCUT2D eigenvalue weighted by Gasteiger charge is -2.12. The van der Waals surface area contributed by atoms with Crippen LogP contribution >= 0.6 is 0 Å². The molecule has 0 aliphatic heterocycles. The molecule has 0 rings (SSSR count). The number of carbonyl (C=O) groups is 8. The van der Waals surface area contributed by atoms with Gasteiger partial charge in [-0.3, -0.25) is 33.6 Å². The van der Waals surface area contributed by atoms with Gasteiger partial charge in [-0.05, 0) is 51.9 Å². The summed E-state index contributed by atoms with van der Waals surface area (Å²) >= 11 is 0. The van der Waals surface area contributed by atoms with E-state index in [4.69, 9.17) is 29.2 Å². The number of hydrogen-bond donors (Lipinski definition) is 6. The zero-order valence-electron chi connectivity index (χ0n) is 40.6. The number of rotatable bonds is 47. The van der Waals surface area contributed by atoms with E-state index in [9.17, 15) is 43.5 Å². The van der Waals surface area contributed by atoms with Crippen LogP contribution < -0.4 is 16.0 Å². The molecule has 2 unspecified atom stereocenters. The third kappa shape index (κ3) is 47.9. The molecule has 0 saturated carbocycles. The maximum absolute atomic E-state index is 12.4. The van der Waals surface area contributed by atoms with E-state index in [1.165, 1.54) is 51.9 Å². The van der Waals surface area contributed by atoms with Crippen molar-refractivity contribution in [2.24, 2.45) is 5.92 Å². The fourth-order valence-electron chi connectivity index (χ4n) is 6.61. The Hall–Kier alpha value is -4.00. The van der Waals surface area contributed by atoms with Gasteiger partial charge in [-0.1, -0.05) is 84.0 Å². The van der Waals surface area contributed by atoms with Gasteiger partial charge < -0.3 is 50.2 Å². The van der Waals surface area contributed by atoms with Gasteiger partial charge in [0.1, 0.15) is 18.4 Å². The van der Waals surface area contributed by atoms with E-state index in [2.05, 4.69) is 16.0 Å². The summed E-state index contributed by atoms with van der Waals surface area (Å²) in [7, 11) is 0. The van der Waals surface area contributed by atoms with Crippen molar-refractivity contribution in [2.45, 2.75) is 187 Å².